The SMILES string of the molecule is C.C.Cc1cnn2c(Cl)cc(-c3cncc(F)c3)nc12.Cc1cnn2c(NCCC3=CCc4cccnc43)cc(-c3cncc(F)c3)nc12.NCCC1=CCc2cccnc21. The Hall–Kier alpha value is -6.77. The van der Waals surface area contributed by atoms with Gasteiger partial charge in [-0.1, -0.05) is 50.7 Å². The molecule has 0 aliphatic heterocycles. The predicted octanol–water partition coefficient (Wildman–Crippen LogP) is 9.61. The molecule has 0 unspecified atom stereocenters. The summed E-state index contributed by atoms with van der Waals surface area (Å²) >= 11 is 6.11. The van der Waals surface area contributed by atoms with Crippen LogP contribution in [0.15, 0.2) is 110 Å². The first kappa shape index (κ1) is 43.8. The Bertz CT molecular complexity index is 2870. The topological polar surface area (TPSA) is 150 Å². The molecule has 15 heteroatoms. The van der Waals surface area contributed by atoms with Gasteiger partial charge in [-0.15, -0.1) is 0 Å². The van der Waals surface area contributed by atoms with Crippen LogP contribution in [0, 0.1) is 25.5 Å². The number of nitrogens with one attached hydrogen (secondary N) is 1. The van der Waals surface area contributed by atoms with Gasteiger partial charge < -0.3 is 11.1 Å². The maximum atomic E-state index is 13.6. The number of hydrogen-bond acceptors (Lipinski definition) is 10. The van der Waals surface area contributed by atoms with Crippen LogP contribution >= 0.6 is 11.6 Å². The molecule has 3 N–H and O–H groups in total. The quantitative estimate of drug-likeness (QED) is 0.142. The number of pyridine rings is 4. The Kier molecular flexibility index (Phi) is 14.0. The van der Waals surface area contributed by atoms with E-state index < -0.39 is 5.82 Å². The van der Waals surface area contributed by atoms with E-state index in [-0.39, 0.29) is 20.7 Å². The van der Waals surface area contributed by atoms with Gasteiger partial charge in [-0.25, -0.2) is 23.3 Å². The van der Waals surface area contributed by atoms with E-state index in [1.54, 1.807) is 35.4 Å². The van der Waals surface area contributed by atoms with Crippen LogP contribution in [-0.4, -0.2) is 62.2 Å². The first-order chi connectivity index (χ1) is 28.7. The largest absolute Gasteiger partial charge is 0.370 e. The lowest BCUT2D eigenvalue weighted by molar-refractivity contribution is 0.621. The van der Waals surface area contributed by atoms with Crippen molar-refractivity contribution in [2.75, 3.05) is 18.4 Å². The Labute approximate surface area is 358 Å². The molecule has 61 heavy (non-hydrogen) atoms. The molecule has 0 spiro atoms. The minimum absolute atomic E-state index is 0. The summed E-state index contributed by atoms with van der Waals surface area (Å²) in [5.74, 6) is 0.0148. The first-order valence-corrected chi connectivity index (χ1v) is 19.4. The highest BCUT2D eigenvalue weighted by Crippen LogP contribution is 2.29. The third kappa shape index (κ3) is 9.66. The van der Waals surface area contributed by atoms with Crippen molar-refractivity contribution in [3.05, 3.63) is 161 Å². The molecule has 0 saturated heterocycles. The van der Waals surface area contributed by atoms with E-state index in [0.29, 0.717) is 39.9 Å². The molecule has 8 aromatic rings. The van der Waals surface area contributed by atoms with Gasteiger partial charge in [0.1, 0.15) is 22.6 Å². The zero-order chi connectivity index (χ0) is 40.9. The minimum Gasteiger partial charge on any atom is -0.370 e. The number of halogens is 3. The van der Waals surface area contributed by atoms with Crippen molar-refractivity contribution < 1.29 is 8.78 Å². The standard InChI is InChI=1S/C22H19FN6.C12H8ClFN4.C10H12N2.2CH4/c1-14-11-27-29-20(10-19(28-22(14)29)17-9-18(23)13-24-12-17)25-8-6-16-5-4-15-3-2-7-26-21(15)16;1-7-4-16-18-11(13)3-10(17-12(7)18)8-2-9(14)6-15-5-8;11-6-5-9-4-3-8-2-1-7-12-10(8)9;;/h2-3,5,7,9-13,25H,4,6,8H2,1H3;2-6H,1H3;1-2,4,7H,3,5-6,11H2;2*1H4. The summed E-state index contributed by atoms with van der Waals surface area (Å²) < 4.78 is 30.1. The van der Waals surface area contributed by atoms with Gasteiger partial charge in [-0.3, -0.25) is 19.9 Å². The molecule has 10 rings (SSSR count). The van der Waals surface area contributed by atoms with Crippen molar-refractivity contribution >= 4 is 39.9 Å². The number of allylic oxidation sites excluding steroid dienone is 2. The average molecular weight is 841 g/mol. The molecule has 0 radical (unpaired) electrons. The second kappa shape index (κ2) is 19.5. The summed E-state index contributed by atoms with van der Waals surface area (Å²) in [6, 6.07) is 14.5. The molecule has 312 valence electrons. The normalized spacial score (nSPS) is 12.2. The molecule has 12 nitrogen and oxygen atoms in total. The van der Waals surface area contributed by atoms with Crippen LogP contribution in [0.4, 0.5) is 14.6 Å². The highest BCUT2D eigenvalue weighted by Gasteiger charge is 2.17. The minimum atomic E-state index is -0.407. The van der Waals surface area contributed by atoms with Gasteiger partial charge in [-0.2, -0.15) is 14.7 Å². The van der Waals surface area contributed by atoms with Crippen LogP contribution in [0.2, 0.25) is 5.15 Å². The lowest BCUT2D eigenvalue weighted by Crippen LogP contribution is -2.09. The van der Waals surface area contributed by atoms with Gasteiger partial charge in [0.25, 0.3) is 0 Å². The molecule has 2 aliphatic rings. The first-order valence-electron chi connectivity index (χ1n) is 19.0. The van der Waals surface area contributed by atoms with E-state index in [0.717, 1.165) is 72.4 Å². The number of nitrogens with two attached hydrogens (primary N) is 1. The molecule has 8 heterocycles. The zero-order valence-electron chi connectivity index (χ0n) is 32.3. The highest BCUT2D eigenvalue weighted by molar-refractivity contribution is 6.30. The van der Waals surface area contributed by atoms with Crippen molar-refractivity contribution in [3.8, 4) is 22.5 Å². The van der Waals surface area contributed by atoms with E-state index in [9.17, 15) is 8.78 Å². The highest BCUT2D eigenvalue weighted by atomic mass is 35.5. The Morgan fingerprint density at radius 2 is 1.21 bits per heavy atom. The molecule has 0 saturated carbocycles. The summed E-state index contributed by atoms with van der Waals surface area (Å²) in [5, 5.41) is 12.4. The second-order valence-electron chi connectivity index (χ2n) is 14.0. The summed E-state index contributed by atoms with van der Waals surface area (Å²) in [6.07, 6.45) is 20.9. The van der Waals surface area contributed by atoms with Crippen LogP contribution < -0.4 is 11.1 Å². The fourth-order valence-electron chi connectivity index (χ4n) is 7.00. The molecule has 0 bridgehead atoms. The number of fused-ring (bicyclic) bond motifs is 4. The van der Waals surface area contributed by atoms with Gasteiger partial charge in [-0.05, 0) is 92.6 Å². The Balaban J connectivity index is 0.000000166. The van der Waals surface area contributed by atoms with Gasteiger partial charge >= 0.3 is 0 Å². The number of nitrogens with zero attached hydrogens (tertiary/aromatic N) is 10. The van der Waals surface area contributed by atoms with Crippen molar-refractivity contribution in [1.82, 2.24) is 49.1 Å². The smallest absolute Gasteiger partial charge is 0.160 e. The monoisotopic (exact) mass is 840 g/mol. The maximum Gasteiger partial charge on any atom is 0.160 e. The van der Waals surface area contributed by atoms with Crippen LogP contribution in [-0.2, 0) is 12.8 Å². The third-order valence-electron chi connectivity index (χ3n) is 9.90. The molecular weight excluding hydrogens is 794 g/mol. The van der Waals surface area contributed by atoms with Crippen LogP contribution in [0.5, 0.6) is 0 Å². The maximum absolute atomic E-state index is 13.6. The number of aromatic nitrogens is 10. The summed E-state index contributed by atoms with van der Waals surface area (Å²) in [4.78, 5) is 25.7. The lowest BCUT2D eigenvalue weighted by Gasteiger charge is -2.12. The molecule has 0 aromatic carbocycles. The van der Waals surface area contributed by atoms with E-state index in [2.05, 4.69) is 69.7 Å². The van der Waals surface area contributed by atoms with Crippen molar-refractivity contribution in [2.24, 2.45) is 5.73 Å². The average Bonchev–Trinajstić information content (AvgIpc) is 4.05. The molecular formula is C46H47ClF2N12. The van der Waals surface area contributed by atoms with Gasteiger partial charge in [0.2, 0.25) is 0 Å². The van der Waals surface area contributed by atoms with E-state index in [1.165, 1.54) is 45.1 Å². The van der Waals surface area contributed by atoms with Crippen LogP contribution in [0.1, 0.15) is 61.3 Å². The van der Waals surface area contributed by atoms with Gasteiger partial charge in [0.05, 0.1) is 47.6 Å². The molecule has 0 atom stereocenters. The predicted molar refractivity (Wildman–Crippen MR) is 239 cm³/mol. The van der Waals surface area contributed by atoms with Crippen molar-refractivity contribution in [2.45, 2.75) is 54.4 Å². The van der Waals surface area contributed by atoms with E-state index in [1.807, 2.05) is 44.4 Å². The van der Waals surface area contributed by atoms with Gasteiger partial charge in [0, 0.05) is 65.7 Å². The Morgan fingerprint density at radius 1 is 0.689 bits per heavy atom. The molecule has 8 aromatic heterocycles. The van der Waals surface area contributed by atoms with Crippen molar-refractivity contribution in [1.29, 1.82) is 0 Å². The lowest BCUT2D eigenvalue weighted by atomic mass is 10.1. The van der Waals surface area contributed by atoms with Gasteiger partial charge in [0.15, 0.2) is 11.3 Å². The molecule has 0 amide bonds. The second-order valence-corrected chi connectivity index (χ2v) is 14.4. The van der Waals surface area contributed by atoms with E-state index in [4.69, 9.17) is 17.3 Å². The molecule has 0 fully saturated rings. The number of aryl methyl sites for hydroxylation is 2. The summed E-state index contributed by atoms with van der Waals surface area (Å²) in [7, 11) is 0. The van der Waals surface area contributed by atoms with Crippen LogP contribution in [0.25, 0.3) is 45.0 Å². The summed E-state index contributed by atoms with van der Waals surface area (Å²) in [6.45, 7) is 5.28. The summed E-state index contributed by atoms with van der Waals surface area (Å²) in [5.41, 5.74) is 18.6. The fraction of sp³-hybridized carbons (Fsp3) is 0.217. The Morgan fingerprint density at radius 3 is 1.77 bits per heavy atom. The number of hydrogen-bond donors (Lipinski definition) is 2. The number of rotatable bonds is 8. The van der Waals surface area contributed by atoms with Crippen molar-refractivity contribution in [3.63, 3.8) is 0 Å². The molecule has 2 aliphatic carbocycles. The number of anilines is 1. The third-order valence-corrected chi connectivity index (χ3v) is 10.2. The zero-order valence-corrected chi connectivity index (χ0v) is 33.1. The fourth-order valence-corrected chi connectivity index (χ4v) is 7.23. The van der Waals surface area contributed by atoms with Crippen LogP contribution in [0.3, 0.4) is 0 Å². The van der Waals surface area contributed by atoms with E-state index >= 15 is 0 Å².